The summed E-state index contributed by atoms with van der Waals surface area (Å²) < 4.78 is 0. The van der Waals surface area contributed by atoms with Crippen molar-refractivity contribution in [3.63, 3.8) is 0 Å². The Balaban J connectivity index is 0.000000837. The first-order valence-electron chi connectivity index (χ1n) is 8.49. The molecular weight excluding hydrogens is 390 g/mol. The Morgan fingerprint density at radius 2 is 1.55 bits per heavy atom. The van der Waals surface area contributed by atoms with Gasteiger partial charge in [0.2, 0.25) is 0 Å². The van der Waals surface area contributed by atoms with Crippen LogP contribution >= 0.6 is 0 Å². The second-order valence-corrected chi connectivity index (χ2v) is 5.46. The van der Waals surface area contributed by atoms with Crippen molar-refractivity contribution in [2.24, 2.45) is 0 Å². The third kappa shape index (κ3) is 14.4. The zero-order valence-electron chi connectivity index (χ0n) is 15.6. The van der Waals surface area contributed by atoms with Crippen LogP contribution in [0.5, 0.6) is 0 Å². The molecule has 0 bridgehead atoms. The van der Waals surface area contributed by atoms with Gasteiger partial charge in [-0.15, -0.1) is 20.2 Å². The van der Waals surface area contributed by atoms with Crippen LogP contribution in [0.15, 0.2) is 36.5 Å². The quantitative estimate of drug-likeness (QED) is 0.219. The molecule has 2 rings (SSSR count). The summed E-state index contributed by atoms with van der Waals surface area (Å²) in [6, 6.07) is 10.1. The molecule has 13 heteroatoms. The molecule has 13 nitrogen and oxygen atoms in total. The molecule has 0 radical (unpaired) electrons. The van der Waals surface area contributed by atoms with E-state index < -0.39 is 10.2 Å². The van der Waals surface area contributed by atoms with Crippen LogP contribution in [-0.4, -0.2) is 80.1 Å². The molecule has 2 aromatic rings. The van der Waals surface area contributed by atoms with Gasteiger partial charge < -0.3 is 25.9 Å². The number of benzene rings is 1. The Labute approximate surface area is 166 Å². The largest absolute Gasteiger partial charge is 0.395 e. The van der Waals surface area contributed by atoms with Crippen LogP contribution in [0, 0.1) is 20.2 Å². The fourth-order valence-electron chi connectivity index (χ4n) is 2.32. The molecule has 0 atom stereocenters. The summed E-state index contributed by atoms with van der Waals surface area (Å²) in [6.07, 6.45) is 2.80. The van der Waals surface area contributed by atoms with Crippen molar-refractivity contribution in [3.8, 4) is 0 Å². The summed E-state index contributed by atoms with van der Waals surface area (Å²) in [6.45, 7) is 3.17. The number of nitrogens with one attached hydrogen (secondary N) is 1. The summed E-state index contributed by atoms with van der Waals surface area (Å²) in [5.41, 5.74) is 2.02. The predicted molar refractivity (Wildman–Crippen MR) is 103 cm³/mol. The third-order valence-corrected chi connectivity index (χ3v) is 3.40. The molecule has 0 amide bonds. The molecule has 0 spiro atoms. The molecule has 1 aromatic heterocycles. The van der Waals surface area contributed by atoms with Gasteiger partial charge in [0.25, 0.3) is 10.2 Å². The van der Waals surface area contributed by atoms with Crippen molar-refractivity contribution in [2.45, 2.75) is 6.42 Å². The monoisotopic (exact) mass is 415 g/mol. The smallest absolute Gasteiger partial charge is 0.291 e. The first-order valence-corrected chi connectivity index (χ1v) is 8.49. The van der Waals surface area contributed by atoms with Gasteiger partial charge >= 0.3 is 0 Å². The van der Waals surface area contributed by atoms with Crippen LogP contribution in [0.2, 0.25) is 0 Å². The lowest BCUT2D eigenvalue weighted by molar-refractivity contribution is -0.742. The van der Waals surface area contributed by atoms with Gasteiger partial charge in [-0.2, -0.15) is 0 Å². The molecule has 0 saturated heterocycles. The molecule has 1 heterocycles. The number of nitrogens with zero attached hydrogens (tertiary/aromatic N) is 4. The fraction of sp³-hybridized carbons (Fsp3) is 0.438. The zero-order valence-corrected chi connectivity index (χ0v) is 15.6. The third-order valence-electron chi connectivity index (χ3n) is 3.40. The van der Waals surface area contributed by atoms with E-state index in [0.717, 1.165) is 36.1 Å². The normalized spacial score (nSPS) is 9.76. The first kappa shape index (κ1) is 25.7. The van der Waals surface area contributed by atoms with Gasteiger partial charge in [0.15, 0.2) is 0 Å². The molecule has 162 valence electrons. The van der Waals surface area contributed by atoms with E-state index in [1.165, 1.54) is 0 Å². The maximum Gasteiger partial charge on any atom is 0.291 e. The van der Waals surface area contributed by atoms with Crippen LogP contribution in [0.1, 0.15) is 6.42 Å². The lowest BCUT2D eigenvalue weighted by atomic mass is 10.2. The summed E-state index contributed by atoms with van der Waals surface area (Å²) in [7, 11) is 0. The number of aliphatic hydroxyl groups is 2. The summed E-state index contributed by atoms with van der Waals surface area (Å²) in [4.78, 5) is 23.2. The average molecular weight is 415 g/mol. The standard InChI is InChI=1S/C16H23N3O2.2HNO3/c20-10-8-19(9-11-21)7-3-6-17-15-12-14-4-1-2-5-16(14)18-13-15;2*2-1(3)4/h1-2,4-5,12-13,17,20-21H,3,6-11H2;2*(H,2,3,4). The van der Waals surface area contributed by atoms with Crippen LogP contribution in [0.25, 0.3) is 10.9 Å². The van der Waals surface area contributed by atoms with E-state index in [1.807, 2.05) is 24.4 Å². The van der Waals surface area contributed by atoms with Gasteiger partial charge in [0.1, 0.15) is 0 Å². The molecule has 0 fully saturated rings. The van der Waals surface area contributed by atoms with Gasteiger partial charge in [-0.1, -0.05) is 18.2 Å². The maximum atomic E-state index is 8.95. The van der Waals surface area contributed by atoms with Crippen LogP contribution in [0.3, 0.4) is 0 Å². The SMILES string of the molecule is O=[N+]([O-])O.O=[N+]([O-])O.OCCN(CCO)CCCNc1cnc2ccccc2c1. The Morgan fingerprint density at radius 1 is 1.00 bits per heavy atom. The number of hydrogen-bond donors (Lipinski definition) is 5. The number of hydrogen-bond acceptors (Lipinski definition) is 9. The number of rotatable bonds is 9. The molecule has 5 N–H and O–H groups in total. The topological polar surface area (TPSA) is 195 Å². The molecule has 0 aliphatic heterocycles. The van der Waals surface area contributed by atoms with E-state index >= 15 is 0 Å². The highest BCUT2D eigenvalue weighted by Gasteiger charge is 2.03. The van der Waals surface area contributed by atoms with E-state index in [4.69, 9.17) is 40.9 Å². The van der Waals surface area contributed by atoms with Crippen molar-refractivity contribution >= 4 is 16.6 Å². The van der Waals surface area contributed by atoms with Crippen molar-refractivity contribution in [1.82, 2.24) is 9.88 Å². The van der Waals surface area contributed by atoms with Gasteiger partial charge in [0.05, 0.1) is 30.6 Å². The Bertz CT molecular complexity index is 707. The van der Waals surface area contributed by atoms with Crippen molar-refractivity contribution in [2.75, 3.05) is 44.7 Å². The second-order valence-electron chi connectivity index (χ2n) is 5.46. The minimum Gasteiger partial charge on any atom is -0.395 e. The Morgan fingerprint density at radius 3 is 2.10 bits per heavy atom. The van der Waals surface area contributed by atoms with Crippen LogP contribution in [0.4, 0.5) is 5.69 Å². The van der Waals surface area contributed by atoms with Crippen LogP contribution < -0.4 is 5.32 Å². The maximum absolute atomic E-state index is 8.95. The second kappa shape index (κ2) is 15.7. The number of fused-ring (bicyclic) bond motifs is 1. The number of pyridine rings is 1. The average Bonchev–Trinajstić information content (AvgIpc) is 2.64. The highest BCUT2D eigenvalue weighted by molar-refractivity contribution is 5.81. The minimum absolute atomic E-state index is 0.127. The van der Waals surface area contributed by atoms with E-state index in [0.29, 0.717) is 13.1 Å². The summed E-state index contributed by atoms with van der Waals surface area (Å²) in [5.74, 6) is 0. The lowest BCUT2D eigenvalue weighted by Crippen LogP contribution is -2.31. The van der Waals surface area contributed by atoms with Gasteiger partial charge in [-0.25, -0.2) is 0 Å². The number of para-hydroxylation sites is 1. The molecular formula is C16H25N5O8. The van der Waals surface area contributed by atoms with E-state index in [1.54, 1.807) is 0 Å². The molecule has 0 aliphatic rings. The van der Waals surface area contributed by atoms with Crippen molar-refractivity contribution in [1.29, 1.82) is 0 Å². The Kier molecular flexibility index (Phi) is 14.0. The van der Waals surface area contributed by atoms with Gasteiger partial charge in [0, 0.05) is 25.0 Å². The zero-order chi connectivity index (χ0) is 22.1. The van der Waals surface area contributed by atoms with Gasteiger partial charge in [-0.3, -0.25) is 9.88 Å². The van der Waals surface area contributed by atoms with Crippen molar-refractivity contribution < 1.29 is 30.8 Å². The molecule has 0 aliphatic carbocycles. The highest BCUT2D eigenvalue weighted by atomic mass is 16.9. The van der Waals surface area contributed by atoms with Gasteiger partial charge in [-0.05, 0) is 25.1 Å². The van der Waals surface area contributed by atoms with E-state index in [2.05, 4.69) is 27.3 Å². The highest BCUT2D eigenvalue weighted by Crippen LogP contribution is 2.15. The Hall–Kier alpha value is -3.29. The molecule has 29 heavy (non-hydrogen) atoms. The first-order chi connectivity index (χ1) is 13.8. The molecule has 1 aromatic carbocycles. The minimum atomic E-state index is -1.50. The van der Waals surface area contributed by atoms with E-state index in [-0.39, 0.29) is 13.2 Å². The number of aromatic nitrogens is 1. The lowest BCUT2D eigenvalue weighted by Gasteiger charge is -2.20. The van der Waals surface area contributed by atoms with Crippen molar-refractivity contribution in [3.05, 3.63) is 56.8 Å². The predicted octanol–water partition coefficient (Wildman–Crippen LogP) is 0.628. The summed E-state index contributed by atoms with van der Waals surface area (Å²) >= 11 is 0. The molecule has 0 unspecified atom stereocenters. The number of aliphatic hydroxyl groups excluding tert-OH is 2. The number of anilines is 1. The van der Waals surface area contributed by atoms with Crippen LogP contribution in [-0.2, 0) is 0 Å². The fourth-order valence-corrected chi connectivity index (χ4v) is 2.32. The summed E-state index contributed by atoms with van der Waals surface area (Å²) in [5, 5.41) is 49.7. The van der Waals surface area contributed by atoms with E-state index in [9.17, 15) is 0 Å². The molecule has 0 saturated carbocycles.